The van der Waals surface area contributed by atoms with Crippen LogP contribution in [0.1, 0.15) is 44.7 Å². The van der Waals surface area contributed by atoms with Crippen LogP contribution in [0.4, 0.5) is 0 Å². The summed E-state index contributed by atoms with van der Waals surface area (Å²) < 4.78 is 39.2. The molecule has 3 aromatic rings. The Bertz CT molecular complexity index is 1380. The Morgan fingerprint density at radius 3 is 2.41 bits per heavy atom. The molecule has 196 valence electrons. The molecule has 7 nitrogen and oxygen atoms in total. The maximum Gasteiger partial charge on any atom is 0.252 e. The second kappa shape index (κ2) is 10.1. The number of piperidine rings is 1. The fourth-order valence-corrected chi connectivity index (χ4v) is 7.55. The first-order valence-corrected chi connectivity index (χ1v) is 14.7. The zero-order chi connectivity index (χ0) is 26.2. The van der Waals surface area contributed by atoms with Gasteiger partial charge in [0.25, 0.3) is 10.0 Å². The van der Waals surface area contributed by atoms with Gasteiger partial charge in [-0.3, -0.25) is 4.79 Å². The number of hydrogen-bond donors (Lipinski definition) is 1. The number of rotatable bonds is 6. The smallest absolute Gasteiger partial charge is 0.252 e. The Kier molecular flexibility index (Phi) is 7.04. The van der Waals surface area contributed by atoms with Crippen LogP contribution in [0.25, 0.3) is 10.4 Å². The Morgan fingerprint density at radius 2 is 1.70 bits per heavy atom. The first-order chi connectivity index (χ1) is 17.6. The van der Waals surface area contributed by atoms with Gasteiger partial charge in [0.2, 0.25) is 12.7 Å². The third-order valence-corrected chi connectivity index (χ3v) is 10.4. The summed E-state index contributed by atoms with van der Waals surface area (Å²) in [6.45, 7) is 7.78. The van der Waals surface area contributed by atoms with Crippen molar-refractivity contribution in [3.05, 3.63) is 65.7 Å². The summed E-state index contributed by atoms with van der Waals surface area (Å²) in [5.41, 5.74) is 3.25. The van der Waals surface area contributed by atoms with Crippen LogP contribution in [0.5, 0.6) is 11.5 Å². The SMILES string of the molecule is CC(C)(C)c1ccc(-c2ccc(S(=O)(=O)N3CCC(C(=O)NCc4ccc5c(c4)OCO5)CC3)s2)cc1. The topological polar surface area (TPSA) is 84.9 Å². The van der Waals surface area contributed by atoms with Crippen molar-refractivity contribution in [2.45, 2.75) is 49.8 Å². The van der Waals surface area contributed by atoms with E-state index in [1.165, 1.54) is 21.2 Å². The lowest BCUT2D eigenvalue weighted by molar-refractivity contribution is -0.126. The monoisotopic (exact) mass is 540 g/mol. The van der Waals surface area contributed by atoms with E-state index in [0.29, 0.717) is 48.2 Å². The minimum atomic E-state index is -3.60. The number of hydrogen-bond acceptors (Lipinski definition) is 6. The van der Waals surface area contributed by atoms with Crippen molar-refractivity contribution in [1.29, 1.82) is 0 Å². The molecule has 0 bridgehead atoms. The molecular weight excluding hydrogens is 508 g/mol. The summed E-state index contributed by atoms with van der Waals surface area (Å²) in [5.74, 6) is 1.14. The van der Waals surface area contributed by atoms with Gasteiger partial charge in [-0.2, -0.15) is 4.31 Å². The van der Waals surface area contributed by atoms with Crippen LogP contribution in [0.2, 0.25) is 0 Å². The van der Waals surface area contributed by atoms with Crippen LogP contribution < -0.4 is 14.8 Å². The molecule has 1 aromatic heterocycles. The van der Waals surface area contributed by atoms with Crippen molar-refractivity contribution in [3.63, 3.8) is 0 Å². The van der Waals surface area contributed by atoms with Crippen molar-refractivity contribution in [2.75, 3.05) is 19.9 Å². The molecule has 0 saturated carbocycles. The summed E-state index contributed by atoms with van der Waals surface area (Å²) in [6, 6.07) is 17.5. The van der Waals surface area contributed by atoms with E-state index in [-0.39, 0.29) is 24.0 Å². The van der Waals surface area contributed by atoms with Gasteiger partial charge in [0, 0.05) is 30.4 Å². The van der Waals surface area contributed by atoms with E-state index in [0.717, 1.165) is 16.0 Å². The van der Waals surface area contributed by atoms with Crippen LogP contribution in [0, 0.1) is 5.92 Å². The lowest BCUT2D eigenvalue weighted by atomic mass is 9.86. The predicted molar refractivity (Wildman–Crippen MR) is 144 cm³/mol. The highest BCUT2D eigenvalue weighted by Gasteiger charge is 2.33. The molecule has 1 amide bonds. The Balaban J connectivity index is 1.17. The highest BCUT2D eigenvalue weighted by Crippen LogP contribution is 2.35. The molecule has 0 aliphatic carbocycles. The largest absolute Gasteiger partial charge is 0.454 e. The average Bonchev–Trinajstić information content (AvgIpc) is 3.57. The van der Waals surface area contributed by atoms with E-state index in [1.54, 1.807) is 6.07 Å². The average molecular weight is 541 g/mol. The molecule has 1 saturated heterocycles. The fraction of sp³-hybridized carbons (Fsp3) is 0.393. The standard InChI is InChI=1S/C28H32N2O5S2/c1-28(2,3)22-7-5-20(6-8-22)25-10-11-26(36-25)37(32,33)30-14-12-21(13-15-30)27(31)29-17-19-4-9-23-24(16-19)35-18-34-23/h4-11,16,21H,12-15,17-18H2,1-3H3,(H,29,31). The van der Waals surface area contributed by atoms with Crippen LogP contribution in [-0.4, -0.2) is 38.5 Å². The minimum absolute atomic E-state index is 0.0492. The molecule has 1 fully saturated rings. The van der Waals surface area contributed by atoms with Crippen LogP contribution in [-0.2, 0) is 26.8 Å². The molecule has 2 aliphatic heterocycles. The maximum atomic E-state index is 13.3. The molecule has 2 aromatic carbocycles. The zero-order valence-electron chi connectivity index (χ0n) is 21.3. The van der Waals surface area contributed by atoms with Crippen LogP contribution in [0.3, 0.4) is 0 Å². The van der Waals surface area contributed by atoms with Crippen LogP contribution >= 0.6 is 11.3 Å². The van der Waals surface area contributed by atoms with Crippen molar-refractivity contribution in [2.24, 2.45) is 5.92 Å². The van der Waals surface area contributed by atoms with Crippen molar-refractivity contribution in [3.8, 4) is 21.9 Å². The predicted octanol–water partition coefficient (Wildman–Crippen LogP) is 5.16. The first-order valence-electron chi connectivity index (χ1n) is 12.5. The molecule has 0 radical (unpaired) electrons. The number of benzene rings is 2. The van der Waals surface area contributed by atoms with Gasteiger partial charge in [-0.15, -0.1) is 11.3 Å². The van der Waals surface area contributed by atoms with E-state index >= 15 is 0 Å². The second-order valence-electron chi connectivity index (χ2n) is 10.5. The summed E-state index contributed by atoms with van der Waals surface area (Å²) in [7, 11) is -3.60. The molecular formula is C28H32N2O5S2. The van der Waals surface area contributed by atoms with Gasteiger partial charge >= 0.3 is 0 Å². The molecule has 0 atom stereocenters. The molecule has 1 N–H and O–H groups in total. The van der Waals surface area contributed by atoms with E-state index in [9.17, 15) is 13.2 Å². The third kappa shape index (κ3) is 5.54. The normalized spacial score (nSPS) is 16.6. The van der Waals surface area contributed by atoms with Gasteiger partial charge in [-0.05, 0) is 59.2 Å². The summed E-state index contributed by atoms with van der Waals surface area (Å²) in [6.07, 6.45) is 0.997. The molecule has 2 aliphatic rings. The zero-order valence-corrected chi connectivity index (χ0v) is 23.0. The summed E-state index contributed by atoms with van der Waals surface area (Å²) in [5, 5.41) is 2.98. The second-order valence-corrected chi connectivity index (χ2v) is 13.8. The first kappa shape index (κ1) is 25.8. The lowest BCUT2D eigenvalue weighted by Crippen LogP contribution is -2.42. The quantitative estimate of drug-likeness (QED) is 0.467. The fourth-order valence-electron chi connectivity index (χ4n) is 4.62. The molecule has 3 heterocycles. The van der Waals surface area contributed by atoms with Gasteiger partial charge in [0.05, 0.1) is 0 Å². The van der Waals surface area contributed by atoms with Crippen molar-refractivity contribution in [1.82, 2.24) is 9.62 Å². The van der Waals surface area contributed by atoms with Crippen molar-refractivity contribution >= 4 is 27.3 Å². The molecule has 5 rings (SSSR count). The molecule has 0 unspecified atom stereocenters. The van der Waals surface area contributed by atoms with E-state index < -0.39 is 10.0 Å². The van der Waals surface area contributed by atoms with Gasteiger partial charge in [0.1, 0.15) is 4.21 Å². The van der Waals surface area contributed by atoms with Crippen molar-refractivity contribution < 1.29 is 22.7 Å². The molecule has 9 heteroatoms. The summed E-state index contributed by atoms with van der Waals surface area (Å²) in [4.78, 5) is 13.7. The van der Waals surface area contributed by atoms with Gasteiger partial charge in [-0.1, -0.05) is 51.1 Å². The highest BCUT2D eigenvalue weighted by atomic mass is 32.2. The van der Waals surface area contributed by atoms with E-state index in [1.807, 2.05) is 24.3 Å². The number of nitrogens with one attached hydrogen (secondary N) is 1. The number of nitrogens with zero attached hydrogens (tertiary/aromatic N) is 1. The number of sulfonamides is 1. The number of thiophene rings is 1. The number of carbonyl (C=O) groups is 1. The summed E-state index contributed by atoms with van der Waals surface area (Å²) >= 11 is 1.29. The number of ether oxygens (including phenoxy) is 2. The van der Waals surface area contributed by atoms with E-state index in [2.05, 4.69) is 50.4 Å². The number of fused-ring (bicyclic) bond motifs is 1. The van der Waals surface area contributed by atoms with Gasteiger partial charge in [-0.25, -0.2) is 8.42 Å². The Morgan fingerprint density at radius 1 is 1.00 bits per heavy atom. The van der Waals surface area contributed by atoms with E-state index in [4.69, 9.17) is 9.47 Å². The minimum Gasteiger partial charge on any atom is -0.454 e. The lowest BCUT2D eigenvalue weighted by Gasteiger charge is -2.30. The molecule has 37 heavy (non-hydrogen) atoms. The molecule has 0 spiro atoms. The third-order valence-electron chi connectivity index (χ3n) is 6.94. The number of carbonyl (C=O) groups excluding carboxylic acids is 1. The maximum absolute atomic E-state index is 13.3. The van der Waals surface area contributed by atoms with Gasteiger partial charge in [0.15, 0.2) is 11.5 Å². The van der Waals surface area contributed by atoms with Gasteiger partial charge < -0.3 is 14.8 Å². The number of amides is 1. The Labute approximate surface area is 222 Å². The van der Waals surface area contributed by atoms with Crippen LogP contribution in [0.15, 0.2) is 58.8 Å². The highest BCUT2D eigenvalue weighted by molar-refractivity contribution is 7.91. The Hall–Kier alpha value is -2.88.